The van der Waals surface area contributed by atoms with E-state index in [1.165, 1.54) is 0 Å². The number of fused-ring (bicyclic) bond motifs is 1. The summed E-state index contributed by atoms with van der Waals surface area (Å²) in [7, 11) is 0. The van der Waals surface area contributed by atoms with E-state index in [1.54, 1.807) is 0 Å². The van der Waals surface area contributed by atoms with E-state index >= 15 is 0 Å². The molecule has 1 aromatic rings. The molecule has 1 aliphatic rings. The van der Waals surface area contributed by atoms with Crippen molar-refractivity contribution < 1.29 is 9.90 Å². The van der Waals surface area contributed by atoms with Crippen LogP contribution in [0.15, 0.2) is 24.3 Å². The molecule has 4 nitrogen and oxygen atoms in total. The molecule has 86 valence electrons. The maximum Gasteiger partial charge on any atom is 0.312 e. The van der Waals surface area contributed by atoms with Gasteiger partial charge in [-0.1, -0.05) is 24.3 Å². The molecule has 3 N–H and O–H groups in total. The van der Waals surface area contributed by atoms with E-state index in [-0.39, 0.29) is 0 Å². The van der Waals surface area contributed by atoms with Gasteiger partial charge in [-0.05, 0) is 11.1 Å². The number of hydrogen-bond acceptors (Lipinski definition) is 3. The van der Waals surface area contributed by atoms with Gasteiger partial charge in [0.25, 0.3) is 0 Å². The summed E-state index contributed by atoms with van der Waals surface area (Å²) < 4.78 is 0. The fourth-order valence-electron chi connectivity index (χ4n) is 2.24. The molecule has 16 heavy (non-hydrogen) atoms. The van der Waals surface area contributed by atoms with Crippen LogP contribution in [0.5, 0.6) is 0 Å². The third-order valence-electron chi connectivity index (χ3n) is 3.01. The quantitative estimate of drug-likeness (QED) is 0.784. The van der Waals surface area contributed by atoms with Gasteiger partial charge in [0.2, 0.25) is 0 Å². The van der Waals surface area contributed by atoms with Crippen LogP contribution in [0.2, 0.25) is 0 Å². The number of benzene rings is 1. The fourth-order valence-corrected chi connectivity index (χ4v) is 2.24. The van der Waals surface area contributed by atoms with Crippen molar-refractivity contribution in [1.82, 2.24) is 4.90 Å². The third-order valence-corrected chi connectivity index (χ3v) is 3.01. The van der Waals surface area contributed by atoms with Crippen LogP contribution in [0.4, 0.5) is 0 Å². The highest BCUT2D eigenvalue weighted by Crippen LogP contribution is 2.27. The number of carboxylic acids is 1. The summed E-state index contributed by atoms with van der Waals surface area (Å²) in [6.07, 6.45) is 0. The van der Waals surface area contributed by atoms with E-state index < -0.39 is 11.9 Å². The average molecular weight is 220 g/mol. The number of nitrogens with two attached hydrogens (primary N) is 1. The standard InChI is InChI=1S/C12H16N2O2/c13-5-6-14-7-9-3-1-2-4-10(9)11(8-14)12(15)16/h1-4,11H,5-8,13H2,(H,15,16). The maximum absolute atomic E-state index is 11.2. The van der Waals surface area contributed by atoms with Gasteiger partial charge in [0.1, 0.15) is 0 Å². The Hall–Kier alpha value is -1.39. The summed E-state index contributed by atoms with van der Waals surface area (Å²) in [4.78, 5) is 13.3. The van der Waals surface area contributed by atoms with E-state index in [2.05, 4.69) is 4.90 Å². The lowest BCUT2D eigenvalue weighted by molar-refractivity contribution is -0.139. The molecule has 2 rings (SSSR count). The monoisotopic (exact) mass is 220 g/mol. The Morgan fingerprint density at radius 2 is 2.25 bits per heavy atom. The molecule has 0 amide bonds. The first kappa shape index (κ1) is 11.1. The second kappa shape index (κ2) is 4.63. The minimum Gasteiger partial charge on any atom is -0.481 e. The molecule has 0 saturated carbocycles. The number of rotatable bonds is 3. The molecule has 1 aliphatic heterocycles. The van der Waals surface area contributed by atoms with E-state index in [0.717, 1.165) is 24.2 Å². The first-order valence-corrected chi connectivity index (χ1v) is 5.45. The van der Waals surface area contributed by atoms with Crippen LogP contribution in [0.1, 0.15) is 17.0 Å². The maximum atomic E-state index is 11.2. The van der Waals surface area contributed by atoms with Gasteiger partial charge in [0, 0.05) is 26.2 Å². The van der Waals surface area contributed by atoms with Crippen molar-refractivity contribution in [2.45, 2.75) is 12.5 Å². The summed E-state index contributed by atoms with van der Waals surface area (Å²) in [6.45, 7) is 2.67. The minimum atomic E-state index is -0.755. The zero-order valence-electron chi connectivity index (χ0n) is 9.10. The Balaban J connectivity index is 2.30. The van der Waals surface area contributed by atoms with Crippen molar-refractivity contribution >= 4 is 5.97 Å². The number of nitrogens with zero attached hydrogens (tertiary/aromatic N) is 1. The highest BCUT2D eigenvalue weighted by Gasteiger charge is 2.29. The molecule has 0 fully saturated rings. The zero-order chi connectivity index (χ0) is 11.5. The first-order chi connectivity index (χ1) is 7.72. The van der Waals surface area contributed by atoms with Gasteiger partial charge in [-0.15, -0.1) is 0 Å². The molecule has 1 atom stereocenters. The van der Waals surface area contributed by atoms with E-state index in [4.69, 9.17) is 5.73 Å². The molecule has 0 bridgehead atoms. The van der Waals surface area contributed by atoms with E-state index in [9.17, 15) is 9.90 Å². The van der Waals surface area contributed by atoms with E-state index in [0.29, 0.717) is 13.1 Å². The third kappa shape index (κ3) is 2.08. The number of carboxylic acid groups (broad SMARTS) is 1. The Morgan fingerprint density at radius 1 is 1.50 bits per heavy atom. The van der Waals surface area contributed by atoms with Gasteiger partial charge < -0.3 is 10.8 Å². The van der Waals surface area contributed by atoms with Crippen molar-refractivity contribution in [3.8, 4) is 0 Å². The second-order valence-corrected chi connectivity index (χ2v) is 4.11. The van der Waals surface area contributed by atoms with Gasteiger partial charge in [0.05, 0.1) is 5.92 Å². The Morgan fingerprint density at radius 3 is 2.94 bits per heavy atom. The van der Waals surface area contributed by atoms with Crippen molar-refractivity contribution in [3.05, 3.63) is 35.4 Å². The highest BCUT2D eigenvalue weighted by atomic mass is 16.4. The molecule has 1 aromatic carbocycles. The first-order valence-electron chi connectivity index (χ1n) is 5.45. The van der Waals surface area contributed by atoms with Crippen molar-refractivity contribution in [2.24, 2.45) is 5.73 Å². The molecular formula is C12H16N2O2. The summed E-state index contributed by atoms with van der Waals surface area (Å²) in [6, 6.07) is 7.75. The summed E-state index contributed by atoms with van der Waals surface area (Å²) in [5.41, 5.74) is 7.57. The van der Waals surface area contributed by atoms with Crippen LogP contribution >= 0.6 is 0 Å². The van der Waals surface area contributed by atoms with Crippen LogP contribution in [-0.2, 0) is 11.3 Å². The van der Waals surface area contributed by atoms with Crippen LogP contribution in [0.25, 0.3) is 0 Å². The lowest BCUT2D eigenvalue weighted by Crippen LogP contribution is -2.39. The lowest BCUT2D eigenvalue weighted by Gasteiger charge is -2.32. The Bertz CT molecular complexity index is 392. The van der Waals surface area contributed by atoms with Gasteiger partial charge in [-0.3, -0.25) is 9.69 Å². The predicted octanol–water partition coefficient (Wildman–Crippen LogP) is 0.629. The number of aliphatic carboxylic acids is 1. The summed E-state index contributed by atoms with van der Waals surface area (Å²) in [5, 5.41) is 9.21. The minimum absolute atomic E-state index is 0.420. The second-order valence-electron chi connectivity index (χ2n) is 4.11. The molecule has 0 spiro atoms. The Kier molecular flexibility index (Phi) is 3.22. The summed E-state index contributed by atoms with van der Waals surface area (Å²) >= 11 is 0. The number of hydrogen-bond donors (Lipinski definition) is 2. The smallest absolute Gasteiger partial charge is 0.312 e. The van der Waals surface area contributed by atoms with Crippen molar-refractivity contribution in [3.63, 3.8) is 0 Å². The lowest BCUT2D eigenvalue weighted by atomic mass is 9.90. The molecule has 0 aliphatic carbocycles. The van der Waals surface area contributed by atoms with E-state index in [1.807, 2.05) is 24.3 Å². The highest BCUT2D eigenvalue weighted by molar-refractivity contribution is 5.77. The topological polar surface area (TPSA) is 66.6 Å². The largest absolute Gasteiger partial charge is 0.481 e. The number of carbonyl (C=O) groups is 1. The Labute approximate surface area is 94.7 Å². The fraction of sp³-hybridized carbons (Fsp3) is 0.417. The molecule has 1 unspecified atom stereocenters. The van der Waals surface area contributed by atoms with Gasteiger partial charge in [-0.25, -0.2) is 0 Å². The SMILES string of the molecule is NCCN1Cc2ccccc2C(C(=O)O)C1. The van der Waals surface area contributed by atoms with Crippen molar-refractivity contribution in [2.75, 3.05) is 19.6 Å². The molecular weight excluding hydrogens is 204 g/mol. The molecule has 0 aromatic heterocycles. The van der Waals surface area contributed by atoms with Crippen LogP contribution in [0, 0.1) is 0 Å². The predicted molar refractivity (Wildman–Crippen MR) is 61.2 cm³/mol. The van der Waals surface area contributed by atoms with Crippen molar-refractivity contribution in [1.29, 1.82) is 0 Å². The van der Waals surface area contributed by atoms with Gasteiger partial charge in [0.15, 0.2) is 0 Å². The normalized spacial score (nSPS) is 20.4. The molecule has 1 heterocycles. The van der Waals surface area contributed by atoms with Gasteiger partial charge >= 0.3 is 5.97 Å². The average Bonchev–Trinajstić information content (AvgIpc) is 2.28. The van der Waals surface area contributed by atoms with Crippen LogP contribution < -0.4 is 5.73 Å². The van der Waals surface area contributed by atoms with Crippen LogP contribution in [-0.4, -0.2) is 35.6 Å². The molecule has 0 saturated heterocycles. The molecule has 0 radical (unpaired) electrons. The van der Waals surface area contributed by atoms with Gasteiger partial charge in [-0.2, -0.15) is 0 Å². The van der Waals surface area contributed by atoms with Crippen LogP contribution in [0.3, 0.4) is 0 Å². The zero-order valence-corrected chi connectivity index (χ0v) is 9.10. The molecule has 4 heteroatoms. The summed E-state index contributed by atoms with van der Waals surface area (Å²) in [5.74, 6) is -1.18.